The van der Waals surface area contributed by atoms with Gasteiger partial charge in [-0.1, -0.05) is 13.8 Å². The maximum Gasteiger partial charge on any atom is 0.321 e. The Bertz CT molecular complexity index is 940. The van der Waals surface area contributed by atoms with E-state index in [1.165, 1.54) is 18.2 Å². The van der Waals surface area contributed by atoms with E-state index in [0.29, 0.717) is 31.1 Å². The summed E-state index contributed by atoms with van der Waals surface area (Å²) in [6.45, 7) is 4.67. The molecule has 0 radical (unpaired) electrons. The van der Waals surface area contributed by atoms with Gasteiger partial charge >= 0.3 is 5.97 Å². The smallest absolute Gasteiger partial charge is 0.321 e. The molecule has 0 aliphatic carbocycles. The second-order valence-electron chi connectivity index (χ2n) is 7.16. The van der Waals surface area contributed by atoms with Crippen molar-refractivity contribution in [3.63, 3.8) is 0 Å². The molecular weight excluding hydrogens is 414 g/mol. The molecule has 0 aromatic heterocycles. The molecule has 1 aliphatic heterocycles. The highest BCUT2D eigenvalue weighted by Gasteiger charge is 2.30. The average molecular weight is 439 g/mol. The van der Waals surface area contributed by atoms with Crippen LogP contribution in [0.4, 0.5) is 0 Å². The molecule has 2 rings (SSSR count). The van der Waals surface area contributed by atoms with Crippen LogP contribution in [0, 0.1) is 17.2 Å². The number of carbonyl (C=O) groups excluding carboxylic acids is 2. The molecule has 1 heterocycles. The van der Waals surface area contributed by atoms with E-state index in [-0.39, 0.29) is 10.8 Å². The van der Waals surface area contributed by atoms with Crippen molar-refractivity contribution in [1.29, 1.82) is 5.26 Å². The van der Waals surface area contributed by atoms with Crippen molar-refractivity contribution in [3.05, 3.63) is 18.2 Å². The summed E-state index contributed by atoms with van der Waals surface area (Å²) >= 11 is 0. The number of carbonyl (C=O) groups is 2. The van der Waals surface area contributed by atoms with E-state index in [1.54, 1.807) is 20.8 Å². The molecule has 0 spiro atoms. The maximum absolute atomic E-state index is 12.4. The summed E-state index contributed by atoms with van der Waals surface area (Å²) in [4.78, 5) is 23.6. The normalized spacial score (nSPS) is 15.4. The van der Waals surface area contributed by atoms with Crippen LogP contribution in [-0.2, 0) is 24.3 Å². The zero-order valence-electron chi connectivity index (χ0n) is 17.1. The SMILES string of the molecule is CC(C)[C@](C)(C#N)NC(=O)COC(=O)CNS(=O)(=O)c1ccc2c(c1)OCCCO2. The second-order valence-corrected chi connectivity index (χ2v) is 8.93. The highest BCUT2D eigenvalue weighted by Crippen LogP contribution is 2.31. The largest absolute Gasteiger partial charge is 0.490 e. The van der Waals surface area contributed by atoms with Crippen LogP contribution in [0.3, 0.4) is 0 Å². The first kappa shape index (κ1) is 23.4. The van der Waals surface area contributed by atoms with Gasteiger partial charge in [-0.05, 0) is 25.0 Å². The van der Waals surface area contributed by atoms with E-state index in [9.17, 15) is 23.3 Å². The van der Waals surface area contributed by atoms with Gasteiger partial charge in [-0.3, -0.25) is 9.59 Å². The van der Waals surface area contributed by atoms with E-state index in [4.69, 9.17) is 14.2 Å². The van der Waals surface area contributed by atoms with Crippen molar-refractivity contribution in [2.45, 2.75) is 37.6 Å². The molecule has 164 valence electrons. The quantitative estimate of drug-likeness (QED) is 0.564. The summed E-state index contributed by atoms with van der Waals surface area (Å²) in [6.07, 6.45) is 0.680. The Morgan fingerprint density at radius 3 is 2.57 bits per heavy atom. The summed E-state index contributed by atoms with van der Waals surface area (Å²) in [5, 5.41) is 11.7. The minimum Gasteiger partial charge on any atom is -0.490 e. The number of benzene rings is 1. The molecule has 1 amide bonds. The zero-order valence-corrected chi connectivity index (χ0v) is 17.9. The van der Waals surface area contributed by atoms with Crippen LogP contribution in [-0.4, -0.2) is 52.2 Å². The first-order valence-electron chi connectivity index (χ1n) is 9.34. The predicted octanol–water partition coefficient (Wildman–Crippen LogP) is 0.724. The van der Waals surface area contributed by atoms with E-state index in [0.717, 1.165) is 0 Å². The van der Waals surface area contributed by atoms with Crippen LogP contribution in [0.1, 0.15) is 27.2 Å². The molecule has 1 aliphatic rings. The molecule has 0 saturated heterocycles. The number of rotatable bonds is 8. The number of esters is 1. The highest BCUT2D eigenvalue weighted by molar-refractivity contribution is 7.89. The van der Waals surface area contributed by atoms with E-state index in [1.807, 2.05) is 6.07 Å². The number of fused-ring (bicyclic) bond motifs is 1. The van der Waals surface area contributed by atoms with Gasteiger partial charge in [0.2, 0.25) is 10.0 Å². The van der Waals surface area contributed by atoms with Crippen molar-refractivity contribution in [2.75, 3.05) is 26.4 Å². The lowest BCUT2D eigenvalue weighted by Gasteiger charge is -2.27. The van der Waals surface area contributed by atoms with Gasteiger partial charge in [-0.15, -0.1) is 0 Å². The Labute approximate surface area is 175 Å². The van der Waals surface area contributed by atoms with Gasteiger partial charge in [0, 0.05) is 12.5 Å². The fourth-order valence-corrected chi connectivity index (χ4v) is 3.36. The molecule has 10 nitrogen and oxygen atoms in total. The molecule has 30 heavy (non-hydrogen) atoms. The number of nitriles is 1. The van der Waals surface area contributed by atoms with Crippen LogP contribution in [0.2, 0.25) is 0 Å². The van der Waals surface area contributed by atoms with Gasteiger partial charge in [0.05, 0.1) is 24.2 Å². The number of ether oxygens (including phenoxy) is 3. The lowest BCUT2D eigenvalue weighted by atomic mass is 9.90. The maximum atomic E-state index is 12.4. The molecule has 2 N–H and O–H groups in total. The zero-order chi connectivity index (χ0) is 22.4. The topological polar surface area (TPSA) is 144 Å². The predicted molar refractivity (Wildman–Crippen MR) is 105 cm³/mol. The molecule has 0 bridgehead atoms. The third-order valence-corrected chi connectivity index (χ3v) is 5.99. The Hall–Kier alpha value is -2.84. The Morgan fingerprint density at radius 2 is 1.93 bits per heavy atom. The molecule has 0 fully saturated rings. The van der Waals surface area contributed by atoms with Gasteiger partial charge in [0.1, 0.15) is 12.1 Å². The fourth-order valence-electron chi connectivity index (χ4n) is 2.37. The van der Waals surface area contributed by atoms with Gasteiger partial charge in [0.25, 0.3) is 5.91 Å². The fraction of sp³-hybridized carbons (Fsp3) is 0.526. The first-order chi connectivity index (χ1) is 14.1. The lowest BCUT2D eigenvalue weighted by Crippen LogP contribution is -2.50. The number of hydrogen-bond donors (Lipinski definition) is 2. The number of sulfonamides is 1. The first-order valence-corrected chi connectivity index (χ1v) is 10.8. The van der Waals surface area contributed by atoms with Crippen LogP contribution >= 0.6 is 0 Å². The Balaban J connectivity index is 1.89. The summed E-state index contributed by atoms with van der Waals surface area (Å²) in [5.74, 6) is -1.01. The molecule has 1 aromatic carbocycles. The Kier molecular flexibility index (Phi) is 7.64. The van der Waals surface area contributed by atoms with Gasteiger partial charge in [-0.2, -0.15) is 9.98 Å². The van der Waals surface area contributed by atoms with Gasteiger partial charge in [0.15, 0.2) is 18.1 Å². The molecule has 0 unspecified atom stereocenters. The lowest BCUT2D eigenvalue weighted by molar-refractivity contribution is -0.147. The molecule has 1 atom stereocenters. The summed E-state index contributed by atoms with van der Waals surface area (Å²) < 4.78 is 42.6. The van der Waals surface area contributed by atoms with Crippen LogP contribution < -0.4 is 19.5 Å². The molecule has 0 saturated carbocycles. The Morgan fingerprint density at radius 1 is 1.27 bits per heavy atom. The van der Waals surface area contributed by atoms with E-state index >= 15 is 0 Å². The average Bonchev–Trinajstić information content (AvgIpc) is 2.95. The molecular formula is C19H25N3O7S. The van der Waals surface area contributed by atoms with Crippen LogP contribution in [0.15, 0.2) is 23.1 Å². The van der Waals surface area contributed by atoms with Gasteiger partial charge in [-0.25, -0.2) is 8.42 Å². The monoisotopic (exact) mass is 439 g/mol. The minimum absolute atomic E-state index is 0.0981. The third kappa shape index (κ3) is 6.08. The minimum atomic E-state index is -4.01. The van der Waals surface area contributed by atoms with E-state index in [2.05, 4.69) is 10.0 Å². The highest BCUT2D eigenvalue weighted by atomic mass is 32.2. The second kappa shape index (κ2) is 9.77. The van der Waals surface area contributed by atoms with Crippen molar-refractivity contribution in [3.8, 4) is 17.6 Å². The summed E-state index contributed by atoms with van der Waals surface area (Å²) in [5.41, 5.74) is -1.11. The summed E-state index contributed by atoms with van der Waals surface area (Å²) in [6, 6.07) is 6.14. The van der Waals surface area contributed by atoms with Crippen molar-refractivity contribution in [1.82, 2.24) is 10.0 Å². The van der Waals surface area contributed by atoms with Crippen molar-refractivity contribution in [2.24, 2.45) is 5.92 Å². The number of hydrogen-bond acceptors (Lipinski definition) is 8. The molecule has 11 heteroatoms. The van der Waals surface area contributed by atoms with E-state index < -0.39 is 40.6 Å². The van der Waals surface area contributed by atoms with Crippen LogP contribution in [0.25, 0.3) is 0 Å². The number of nitrogens with zero attached hydrogens (tertiary/aromatic N) is 1. The van der Waals surface area contributed by atoms with Crippen LogP contribution in [0.5, 0.6) is 11.5 Å². The van der Waals surface area contributed by atoms with Gasteiger partial charge < -0.3 is 19.5 Å². The third-order valence-electron chi connectivity index (χ3n) is 4.59. The standard InChI is InChI=1S/C19H25N3O7S/c1-13(2)19(3,12-20)22-17(23)11-29-18(24)10-21-30(25,26)14-5-6-15-16(9-14)28-8-4-7-27-15/h5-6,9,13,21H,4,7-8,10-11H2,1-3H3,(H,22,23)/t19-/m0/s1. The molecule has 1 aromatic rings. The number of amides is 1. The van der Waals surface area contributed by atoms with Crippen molar-refractivity contribution < 1.29 is 32.2 Å². The number of nitrogens with one attached hydrogen (secondary N) is 2. The van der Waals surface area contributed by atoms with Crippen molar-refractivity contribution >= 4 is 21.9 Å². The summed E-state index contributed by atoms with van der Waals surface area (Å²) in [7, 11) is -4.01.